The molecule has 230 valence electrons. The molecule has 4 N–H and O–H groups in total. The number of benzene rings is 3. The largest absolute Gasteiger partial charge is 0.494 e. The molecule has 1 aliphatic heterocycles. The maximum atomic E-state index is 13.2. The summed E-state index contributed by atoms with van der Waals surface area (Å²) in [5.41, 5.74) is 4.03. The van der Waals surface area contributed by atoms with Crippen LogP contribution in [-0.4, -0.2) is 55.0 Å². The van der Waals surface area contributed by atoms with E-state index < -0.39 is 71.9 Å². The predicted octanol–water partition coefficient (Wildman–Crippen LogP) is 2.39. The summed E-state index contributed by atoms with van der Waals surface area (Å²) in [4.78, 5) is 49.8. The molecule has 0 unspecified atom stereocenters. The van der Waals surface area contributed by atoms with E-state index >= 15 is 0 Å². The van der Waals surface area contributed by atoms with E-state index in [-0.39, 0.29) is 31.7 Å². The number of nitrogens with two attached hydrogens (primary N) is 1. The van der Waals surface area contributed by atoms with Crippen molar-refractivity contribution in [2.75, 3.05) is 12.3 Å². The minimum atomic E-state index is -4.52. The number of aromatic nitrogens is 1. The van der Waals surface area contributed by atoms with Gasteiger partial charge in [0.1, 0.15) is 17.0 Å². The number of para-hydroxylation sites is 1. The van der Waals surface area contributed by atoms with Crippen molar-refractivity contribution < 1.29 is 36.3 Å². The van der Waals surface area contributed by atoms with Crippen molar-refractivity contribution in [2.45, 2.75) is 16.7 Å². The highest BCUT2D eigenvalue weighted by Gasteiger charge is 2.42. The molecule has 0 spiro atoms. The Kier molecular flexibility index (Phi) is 7.82. The summed E-state index contributed by atoms with van der Waals surface area (Å²) in [6.07, 6.45) is 0. The number of rotatable bonds is 8. The number of carbonyl (C=O) groups excluding carboxylic acids is 3. The topological polar surface area (TPSA) is 228 Å². The third kappa shape index (κ3) is 5.56. The Hall–Kier alpha value is -5.68. The molecule has 0 bridgehead atoms. The van der Waals surface area contributed by atoms with Gasteiger partial charge < -0.3 is 10.8 Å². The van der Waals surface area contributed by atoms with E-state index in [4.69, 9.17) is 5.73 Å². The molecule has 5 rings (SSSR count). The Morgan fingerprint density at radius 1 is 0.933 bits per heavy atom. The summed E-state index contributed by atoms with van der Waals surface area (Å²) >= 11 is 0. The fraction of sp³-hybridized carbons (Fsp3) is 0.0714. The molecule has 0 aliphatic carbocycles. The van der Waals surface area contributed by atoms with Gasteiger partial charge in [0, 0.05) is 0 Å². The van der Waals surface area contributed by atoms with Gasteiger partial charge in [0.2, 0.25) is 5.88 Å². The van der Waals surface area contributed by atoms with Gasteiger partial charge in [0.05, 0.1) is 27.5 Å². The summed E-state index contributed by atoms with van der Waals surface area (Å²) < 4.78 is 53.8. The van der Waals surface area contributed by atoms with Crippen molar-refractivity contribution in [1.29, 1.82) is 0 Å². The number of aromatic hydroxyl groups is 1. The lowest BCUT2D eigenvalue weighted by atomic mass is 10.1. The quantitative estimate of drug-likeness (QED) is 0.186. The van der Waals surface area contributed by atoms with Crippen LogP contribution in [0.15, 0.2) is 104 Å². The summed E-state index contributed by atoms with van der Waals surface area (Å²) in [6, 6.07) is 17.8. The second kappa shape index (κ2) is 11.4. The maximum Gasteiger partial charge on any atom is 0.287 e. The van der Waals surface area contributed by atoms with Gasteiger partial charge in [-0.15, -0.1) is 5.11 Å². The van der Waals surface area contributed by atoms with E-state index in [0.717, 1.165) is 23.6 Å². The van der Waals surface area contributed by atoms with E-state index in [9.17, 15) is 41.1 Å². The number of azo groups is 1. The summed E-state index contributed by atoms with van der Waals surface area (Å²) in [6.45, 7) is 0.0726. The first-order valence-electron chi connectivity index (χ1n) is 12.8. The summed E-state index contributed by atoms with van der Waals surface area (Å²) in [5.74, 6) is -3.56. The van der Waals surface area contributed by atoms with Gasteiger partial charge >= 0.3 is 0 Å². The van der Waals surface area contributed by atoms with Crippen molar-refractivity contribution >= 4 is 54.7 Å². The number of nitrogen functional groups attached to an aromatic ring is 1. The van der Waals surface area contributed by atoms with Crippen molar-refractivity contribution in [3.8, 4) is 11.6 Å². The molecule has 0 fully saturated rings. The second-order valence-electron chi connectivity index (χ2n) is 9.53. The zero-order chi connectivity index (χ0) is 32.7. The Bertz CT molecular complexity index is 2200. The summed E-state index contributed by atoms with van der Waals surface area (Å²) in [7, 11) is -8.86. The molecule has 45 heavy (non-hydrogen) atoms. The van der Waals surface area contributed by atoms with E-state index in [1.165, 1.54) is 48.5 Å². The number of hydrogen-bond donors (Lipinski definition) is 3. The van der Waals surface area contributed by atoms with Gasteiger partial charge in [-0.3, -0.25) is 19.2 Å². The van der Waals surface area contributed by atoms with E-state index in [1.54, 1.807) is 22.9 Å². The highest BCUT2D eigenvalue weighted by molar-refractivity contribution is 7.90. The Labute approximate surface area is 255 Å². The number of Topliss-reactive ketones (excluding diaryl/α,β-unsaturated/α-hetero) is 1. The minimum absolute atomic E-state index is 0.0364. The van der Waals surface area contributed by atoms with Crippen molar-refractivity contribution in [1.82, 2.24) is 13.6 Å². The molecule has 0 saturated heterocycles. The first kappa shape index (κ1) is 30.8. The number of anilines is 1. The molecule has 4 aromatic rings. The third-order valence-electron chi connectivity index (χ3n) is 6.59. The van der Waals surface area contributed by atoms with Gasteiger partial charge in [-0.05, 0) is 55.5 Å². The molecule has 15 nitrogen and oxygen atoms in total. The monoisotopic (exact) mass is 650 g/mol. The van der Waals surface area contributed by atoms with Gasteiger partial charge in [-0.1, -0.05) is 30.3 Å². The molecule has 17 heteroatoms. The molecule has 1 aliphatic rings. The lowest BCUT2D eigenvalue weighted by Crippen LogP contribution is -2.42. The zero-order valence-corrected chi connectivity index (χ0v) is 24.7. The zero-order valence-electron chi connectivity index (χ0n) is 23.1. The minimum Gasteiger partial charge on any atom is -0.494 e. The average Bonchev–Trinajstić information content (AvgIpc) is 3.18. The number of pyridine rings is 1. The number of nitrogens with zero attached hydrogens (tertiary/aromatic N) is 4. The Morgan fingerprint density at radius 3 is 2.18 bits per heavy atom. The van der Waals surface area contributed by atoms with Crippen LogP contribution in [0.4, 0.5) is 17.1 Å². The molecule has 2 amide bonds. The smallest absolute Gasteiger partial charge is 0.287 e. The standard InChI is InChI=1S/C28H22N6O9S2/c1-16(35)23-24(29)25(28(39)34(27(23)38)18-7-3-2-4-8-18)31-30-17-11-13-19(14-12-17)44(40,41)32-22(36)15-33-26(37)20-9-5-6-10-21(20)45(33,42)43/h2-14,38H,15,29H2,1H3,(H,32,36). The van der Waals surface area contributed by atoms with Crippen molar-refractivity contribution in [2.24, 2.45) is 10.2 Å². The van der Waals surface area contributed by atoms with Gasteiger partial charge in [0.25, 0.3) is 37.4 Å². The van der Waals surface area contributed by atoms with Crippen LogP contribution < -0.4 is 16.0 Å². The highest BCUT2D eigenvalue weighted by Crippen LogP contribution is 2.33. The van der Waals surface area contributed by atoms with Gasteiger partial charge in [-0.25, -0.2) is 30.4 Å². The Balaban J connectivity index is 1.37. The summed E-state index contributed by atoms with van der Waals surface area (Å²) in [5, 5.41) is 18.4. The van der Waals surface area contributed by atoms with Crippen LogP contribution >= 0.6 is 0 Å². The molecule has 0 radical (unpaired) electrons. The first-order chi connectivity index (χ1) is 21.2. The molecule has 1 aromatic heterocycles. The average molecular weight is 651 g/mol. The van der Waals surface area contributed by atoms with E-state index in [1.807, 2.05) is 0 Å². The lowest BCUT2D eigenvalue weighted by Gasteiger charge is -2.15. The molecule has 0 atom stereocenters. The van der Waals surface area contributed by atoms with Crippen molar-refractivity contribution in [3.05, 3.63) is 100 Å². The van der Waals surface area contributed by atoms with Gasteiger partial charge in [0.15, 0.2) is 11.5 Å². The number of ketones is 1. The molecular formula is C28H22N6O9S2. The molecule has 2 heterocycles. The lowest BCUT2D eigenvalue weighted by molar-refractivity contribution is -0.119. The number of carbonyl (C=O) groups is 3. The Morgan fingerprint density at radius 2 is 1.56 bits per heavy atom. The first-order valence-corrected chi connectivity index (χ1v) is 15.7. The third-order valence-corrected chi connectivity index (χ3v) is 9.77. The molecular weight excluding hydrogens is 628 g/mol. The van der Waals surface area contributed by atoms with Crippen molar-refractivity contribution in [3.63, 3.8) is 0 Å². The van der Waals surface area contributed by atoms with Crippen LogP contribution in [0.1, 0.15) is 27.6 Å². The predicted molar refractivity (Wildman–Crippen MR) is 159 cm³/mol. The molecule has 3 aromatic carbocycles. The maximum absolute atomic E-state index is 13.2. The van der Waals surface area contributed by atoms with Gasteiger partial charge in [-0.2, -0.15) is 5.11 Å². The second-order valence-corrected chi connectivity index (χ2v) is 13.0. The van der Waals surface area contributed by atoms with E-state index in [0.29, 0.717) is 0 Å². The normalized spacial score (nSPS) is 14.0. The van der Waals surface area contributed by atoms with E-state index in [2.05, 4.69) is 10.2 Å². The van der Waals surface area contributed by atoms with Crippen LogP contribution in [0, 0.1) is 0 Å². The highest BCUT2D eigenvalue weighted by atomic mass is 32.2. The van der Waals surface area contributed by atoms with Crippen LogP contribution in [0.25, 0.3) is 5.69 Å². The number of nitrogens with one attached hydrogen (secondary N) is 1. The van der Waals surface area contributed by atoms with Crippen LogP contribution in [0.5, 0.6) is 5.88 Å². The number of hydrogen-bond acceptors (Lipinski definition) is 12. The van der Waals surface area contributed by atoms with Crippen LogP contribution in [-0.2, 0) is 24.8 Å². The number of fused-ring (bicyclic) bond motifs is 1. The fourth-order valence-electron chi connectivity index (χ4n) is 4.49. The fourth-order valence-corrected chi connectivity index (χ4v) is 6.99. The number of sulfonamides is 2. The van der Waals surface area contributed by atoms with Crippen LogP contribution in [0.2, 0.25) is 0 Å². The SMILES string of the molecule is CC(=O)c1c(N)c(N=Nc2ccc(S(=O)(=O)NC(=O)CN3C(=O)c4ccccc4S3(=O)=O)cc2)c(=O)n(-c2ccccc2)c1O. The van der Waals surface area contributed by atoms with Crippen LogP contribution in [0.3, 0.4) is 0 Å². The molecule has 0 saturated carbocycles. The number of amides is 2.